The summed E-state index contributed by atoms with van der Waals surface area (Å²) in [6, 6.07) is 9.94. The number of carbonyl (C=O) groups is 2. The third-order valence-corrected chi connectivity index (χ3v) is 4.64. The molecule has 0 aliphatic heterocycles. The number of hydrogen-bond donors (Lipinski definition) is 0. The van der Waals surface area contributed by atoms with Gasteiger partial charge in [-0.1, -0.05) is 30.3 Å². The zero-order valence-corrected chi connectivity index (χ0v) is 14.1. The first kappa shape index (κ1) is 16.5. The predicted octanol–water partition coefficient (Wildman–Crippen LogP) is 3.54. The van der Waals surface area contributed by atoms with Crippen molar-refractivity contribution in [1.29, 1.82) is 0 Å². The van der Waals surface area contributed by atoms with Crippen molar-refractivity contribution in [1.82, 2.24) is 4.90 Å². The molecule has 0 spiro atoms. The Morgan fingerprint density at radius 3 is 2.14 bits per heavy atom. The number of likely N-dealkylation sites (N-methyl/N-ethyl adjacent to an activating group) is 1. The quantitative estimate of drug-likeness (QED) is 0.799. The Balaban J connectivity index is 2.33. The molecule has 1 unspecified atom stereocenters. The minimum atomic E-state index is -0.920. The fourth-order valence-electron chi connectivity index (χ4n) is 3.00. The largest absolute Gasteiger partial charge is 0.444 e. The van der Waals surface area contributed by atoms with Crippen molar-refractivity contribution in [3.8, 4) is 0 Å². The van der Waals surface area contributed by atoms with Crippen molar-refractivity contribution < 1.29 is 14.3 Å². The summed E-state index contributed by atoms with van der Waals surface area (Å²) in [6.45, 7) is 7.28. The molecule has 1 fully saturated rings. The smallest absolute Gasteiger partial charge is 0.410 e. The monoisotopic (exact) mass is 303 g/mol. The Bertz CT molecular complexity index is 557. The number of ether oxygens (including phenoxy) is 1. The van der Waals surface area contributed by atoms with Crippen LogP contribution in [-0.2, 0) is 14.9 Å². The molecular weight excluding hydrogens is 278 g/mol. The Hall–Kier alpha value is -1.84. The number of amides is 1. The van der Waals surface area contributed by atoms with Crippen molar-refractivity contribution in [2.75, 3.05) is 7.05 Å². The Kier molecular flexibility index (Phi) is 4.07. The van der Waals surface area contributed by atoms with Gasteiger partial charge in [0, 0.05) is 12.5 Å². The van der Waals surface area contributed by atoms with Crippen LogP contribution in [0.3, 0.4) is 0 Å². The zero-order chi connectivity index (χ0) is 16.6. The lowest BCUT2D eigenvalue weighted by Gasteiger charge is -2.41. The maximum Gasteiger partial charge on any atom is 0.410 e. The van der Waals surface area contributed by atoms with E-state index in [1.165, 1.54) is 4.90 Å². The van der Waals surface area contributed by atoms with Crippen molar-refractivity contribution in [2.24, 2.45) is 0 Å². The fourth-order valence-corrected chi connectivity index (χ4v) is 3.00. The van der Waals surface area contributed by atoms with Crippen LogP contribution < -0.4 is 0 Å². The average molecular weight is 303 g/mol. The Morgan fingerprint density at radius 1 is 1.18 bits per heavy atom. The van der Waals surface area contributed by atoms with E-state index >= 15 is 0 Å². The van der Waals surface area contributed by atoms with Crippen molar-refractivity contribution >= 4 is 12.4 Å². The summed E-state index contributed by atoms with van der Waals surface area (Å²) in [5.74, 6) is 0. The third-order valence-electron chi connectivity index (χ3n) is 4.64. The minimum absolute atomic E-state index is 0.318. The molecule has 1 aromatic rings. The third kappa shape index (κ3) is 2.74. The molecule has 22 heavy (non-hydrogen) atoms. The van der Waals surface area contributed by atoms with Gasteiger partial charge in [0.1, 0.15) is 17.4 Å². The molecule has 0 bridgehead atoms. The number of rotatable bonds is 4. The van der Waals surface area contributed by atoms with Gasteiger partial charge < -0.3 is 9.53 Å². The highest BCUT2D eigenvalue weighted by atomic mass is 16.6. The maximum absolute atomic E-state index is 12.4. The molecule has 4 nitrogen and oxygen atoms in total. The van der Waals surface area contributed by atoms with Gasteiger partial charge in [0.25, 0.3) is 0 Å². The average Bonchev–Trinajstić information content (AvgIpc) is 3.26. The van der Waals surface area contributed by atoms with Gasteiger partial charge in [-0.3, -0.25) is 4.90 Å². The highest BCUT2D eigenvalue weighted by molar-refractivity contribution is 5.79. The summed E-state index contributed by atoms with van der Waals surface area (Å²) in [6.07, 6.45) is 2.19. The standard InChI is InChI=1S/C18H25NO3/c1-16(2,3)22-15(21)19(5)17(4,13-20)18(11-12-18)14-9-7-6-8-10-14/h6-10,13H,11-12H2,1-5H3. The first-order chi connectivity index (χ1) is 10.2. The van der Waals surface area contributed by atoms with Crippen LogP contribution >= 0.6 is 0 Å². The van der Waals surface area contributed by atoms with E-state index in [-0.39, 0.29) is 5.41 Å². The summed E-state index contributed by atoms with van der Waals surface area (Å²) < 4.78 is 5.43. The van der Waals surface area contributed by atoms with Crippen molar-refractivity contribution in [3.05, 3.63) is 35.9 Å². The molecule has 1 saturated carbocycles. The number of nitrogens with zero attached hydrogens (tertiary/aromatic N) is 1. The van der Waals surface area contributed by atoms with Gasteiger partial charge in [0.05, 0.1) is 0 Å². The Labute approximate surface area is 132 Å². The SMILES string of the molecule is CN(C(=O)OC(C)(C)C)C(C)(C=O)C1(c2ccccc2)CC1. The molecule has 120 valence electrons. The fraction of sp³-hybridized carbons (Fsp3) is 0.556. The van der Waals surface area contributed by atoms with Crippen LogP contribution in [0, 0.1) is 0 Å². The number of carbonyl (C=O) groups excluding carboxylic acids is 2. The van der Waals surface area contributed by atoms with Crippen molar-refractivity contribution in [2.45, 2.75) is 57.1 Å². The summed E-state index contributed by atoms with van der Waals surface area (Å²) in [5, 5.41) is 0. The highest BCUT2D eigenvalue weighted by Crippen LogP contribution is 2.57. The van der Waals surface area contributed by atoms with Crippen LogP contribution in [0.1, 0.15) is 46.1 Å². The molecule has 1 amide bonds. The lowest BCUT2D eigenvalue weighted by atomic mass is 9.77. The molecule has 2 rings (SSSR count). The predicted molar refractivity (Wildman–Crippen MR) is 85.8 cm³/mol. The van der Waals surface area contributed by atoms with Crippen molar-refractivity contribution in [3.63, 3.8) is 0 Å². The van der Waals surface area contributed by atoms with E-state index in [9.17, 15) is 9.59 Å². The summed E-state index contributed by atoms with van der Waals surface area (Å²) in [4.78, 5) is 25.8. The lowest BCUT2D eigenvalue weighted by Crippen LogP contribution is -2.57. The van der Waals surface area contributed by atoms with E-state index in [2.05, 4.69) is 0 Å². The molecule has 0 aromatic heterocycles. The van der Waals surface area contributed by atoms with E-state index in [1.807, 2.05) is 58.0 Å². The zero-order valence-electron chi connectivity index (χ0n) is 14.1. The van der Waals surface area contributed by atoms with Gasteiger partial charge in [0.15, 0.2) is 0 Å². The normalized spacial score (nSPS) is 19.0. The Morgan fingerprint density at radius 2 is 1.73 bits per heavy atom. The summed E-state index contributed by atoms with van der Waals surface area (Å²) >= 11 is 0. The maximum atomic E-state index is 12.4. The number of benzene rings is 1. The topological polar surface area (TPSA) is 46.6 Å². The van der Waals surface area contributed by atoms with Crippen LogP contribution in [0.25, 0.3) is 0 Å². The second-order valence-electron chi connectivity index (χ2n) is 7.25. The number of aldehydes is 1. The lowest BCUT2D eigenvalue weighted by molar-refractivity contribution is -0.119. The van der Waals surface area contributed by atoms with Crippen LogP contribution in [0.5, 0.6) is 0 Å². The molecule has 4 heteroatoms. The summed E-state index contributed by atoms with van der Waals surface area (Å²) in [5.41, 5.74) is -0.725. The van der Waals surface area contributed by atoms with E-state index in [0.29, 0.717) is 0 Å². The van der Waals surface area contributed by atoms with Crippen LogP contribution in [0.2, 0.25) is 0 Å². The molecule has 0 radical (unpaired) electrons. The molecule has 1 aromatic carbocycles. The van der Waals surface area contributed by atoms with E-state index in [0.717, 1.165) is 24.7 Å². The van der Waals surface area contributed by atoms with E-state index in [4.69, 9.17) is 4.74 Å². The van der Waals surface area contributed by atoms with Gasteiger partial charge in [-0.05, 0) is 46.1 Å². The molecule has 1 atom stereocenters. The van der Waals surface area contributed by atoms with Crippen LogP contribution in [-0.4, -0.2) is 35.5 Å². The molecule has 0 N–H and O–H groups in total. The molecule has 0 heterocycles. The highest BCUT2D eigenvalue weighted by Gasteiger charge is 2.61. The molecular formula is C18H25NO3. The first-order valence-corrected chi connectivity index (χ1v) is 7.65. The van der Waals surface area contributed by atoms with E-state index in [1.54, 1.807) is 7.05 Å². The summed E-state index contributed by atoms with van der Waals surface area (Å²) in [7, 11) is 1.64. The van der Waals surface area contributed by atoms with Gasteiger partial charge in [0.2, 0.25) is 0 Å². The van der Waals surface area contributed by atoms with Gasteiger partial charge in [-0.15, -0.1) is 0 Å². The molecule has 1 aliphatic rings. The second kappa shape index (κ2) is 5.41. The van der Waals surface area contributed by atoms with Gasteiger partial charge in [-0.25, -0.2) is 4.79 Å². The van der Waals surface area contributed by atoms with Gasteiger partial charge in [-0.2, -0.15) is 0 Å². The van der Waals surface area contributed by atoms with Crippen LogP contribution in [0.15, 0.2) is 30.3 Å². The minimum Gasteiger partial charge on any atom is -0.444 e. The van der Waals surface area contributed by atoms with Crippen LogP contribution in [0.4, 0.5) is 4.79 Å². The van der Waals surface area contributed by atoms with Gasteiger partial charge >= 0.3 is 6.09 Å². The number of hydrogen-bond acceptors (Lipinski definition) is 3. The first-order valence-electron chi connectivity index (χ1n) is 7.65. The molecule has 0 saturated heterocycles. The molecule has 1 aliphatic carbocycles. The van der Waals surface area contributed by atoms with E-state index < -0.39 is 17.2 Å². The second-order valence-corrected chi connectivity index (χ2v) is 7.25.